The predicted molar refractivity (Wildman–Crippen MR) is 62.7 cm³/mol. The fraction of sp³-hybridized carbons (Fsp3) is 0.500. The maximum atomic E-state index is 11.0. The van der Waals surface area contributed by atoms with E-state index >= 15 is 0 Å². The summed E-state index contributed by atoms with van der Waals surface area (Å²) in [5.41, 5.74) is 5.53. The molecule has 0 aliphatic carbocycles. The van der Waals surface area contributed by atoms with E-state index in [1.165, 1.54) is 7.11 Å². The molecule has 1 saturated heterocycles. The van der Waals surface area contributed by atoms with E-state index in [9.17, 15) is 4.79 Å². The fourth-order valence-corrected chi connectivity index (χ4v) is 1.70. The average molecular weight is 237 g/mol. The van der Waals surface area contributed by atoms with E-state index in [1.54, 1.807) is 6.07 Å². The molecule has 4 N–H and O–H groups in total. The van der Waals surface area contributed by atoms with E-state index in [-0.39, 0.29) is 17.9 Å². The second-order valence-electron chi connectivity index (χ2n) is 3.84. The Kier molecular flexibility index (Phi) is 3.27. The zero-order chi connectivity index (χ0) is 12.3. The van der Waals surface area contributed by atoms with Gasteiger partial charge in [-0.1, -0.05) is 0 Å². The van der Waals surface area contributed by atoms with Crippen molar-refractivity contribution in [2.75, 3.05) is 24.7 Å². The van der Waals surface area contributed by atoms with Crippen LogP contribution in [0.5, 0.6) is 5.88 Å². The third kappa shape index (κ3) is 2.96. The number of nitrogens with one attached hydrogen (secondary N) is 2. The van der Waals surface area contributed by atoms with Gasteiger partial charge in [-0.05, 0) is 6.42 Å². The number of hydrogen-bond acceptors (Lipinski definition) is 6. The molecule has 2 rings (SSSR count). The molecule has 17 heavy (non-hydrogen) atoms. The summed E-state index contributed by atoms with van der Waals surface area (Å²) in [5, 5.41) is 5.96. The highest BCUT2D eigenvalue weighted by molar-refractivity contribution is 5.78. The number of rotatable bonds is 4. The van der Waals surface area contributed by atoms with Crippen LogP contribution in [0.1, 0.15) is 12.8 Å². The summed E-state index contributed by atoms with van der Waals surface area (Å²) in [6.07, 6.45) is 1.42. The van der Waals surface area contributed by atoms with E-state index in [0.29, 0.717) is 24.7 Å². The van der Waals surface area contributed by atoms with Crippen molar-refractivity contribution in [1.82, 2.24) is 15.3 Å². The summed E-state index contributed by atoms with van der Waals surface area (Å²) in [7, 11) is 1.52. The number of nitrogens with two attached hydrogens (primary N) is 1. The lowest BCUT2D eigenvalue weighted by Crippen LogP contribution is -2.32. The zero-order valence-corrected chi connectivity index (χ0v) is 9.56. The first-order chi connectivity index (χ1) is 8.17. The van der Waals surface area contributed by atoms with Crippen LogP contribution in [0.3, 0.4) is 0 Å². The highest BCUT2D eigenvalue weighted by Gasteiger charge is 2.20. The average Bonchev–Trinajstić information content (AvgIpc) is 2.72. The Morgan fingerprint density at radius 1 is 1.65 bits per heavy atom. The Labute approximate surface area is 98.8 Å². The first kappa shape index (κ1) is 11.4. The Bertz CT molecular complexity index is 423. The lowest BCUT2D eigenvalue weighted by Gasteiger charge is -2.12. The molecular formula is C10H15N5O2. The lowest BCUT2D eigenvalue weighted by molar-refractivity contribution is -0.119. The van der Waals surface area contributed by atoms with Gasteiger partial charge in [0.25, 0.3) is 0 Å². The topological polar surface area (TPSA) is 102 Å². The normalized spacial score (nSPS) is 18.9. The number of methoxy groups -OCH3 is 1. The minimum Gasteiger partial charge on any atom is -0.481 e. The number of nitrogen functional groups attached to an aromatic ring is 1. The molecule has 1 unspecified atom stereocenters. The van der Waals surface area contributed by atoms with E-state index in [0.717, 1.165) is 6.42 Å². The fourth-order valence-electron chi connectivity index (χ4n) is 1.70. The van der Waals surface area contributed by atoms with Gasteiger partial charge in [0.15, 0.2) is 0 Å². The van der Waals surface area contributed by atoms with Crippen molar-refractivity contribution >= 4 is 17.7 Å². The van der Waals surface area contributed by atoms with Crippen LogP contribution in [-0.4, -0.2) is 35.6 Å². The molecule has 92 valence electrons. The van der Waals surface area contributed by atoms with Crippen LogP contribution < -0.4 is 21.1 Å². The zero-order valence-electron chi connectivity index (χ0n) is 9.56. The van der Waals surface area contributed by atoms with Gasteiger partial charge in [-0.3, -0.25) is 4.79 Å². The van der Waals surface area contributed by atoms with Crippen LogP contribution in [-0.2, 0) is 4.79 Å². The van der Waals surface area contributed by atoms with Gasteiger partial charge < -0.3 is 21.1 Å². The van der Waals surface area contributed by atoms with Crippen LogP contribution >= 0.6 is 0 Å². The number of anilines is 2. The van der Waals surface area contributed by atoms with Gasteiger partial charge in [-0.15, -0.1) is 0 Å². The number of amides is 1. The summed E-state index contributed by atoms with van der Waals surface area (Å²) in [6.45, 7) is 0.616. The molecular weight excluding hydrogens is 222 g/mol. The third-order valence-electron chi connectivity index (χ3n) is 2.54. The highest BCUT2D eigenvalue weighted by atomic mass is 16.5. The molecule has 0 saturated carbocycles. The molecule has 0 spiro atoms. The molecule has 2 heterocycles. The van der Waals surface area contributed by atoms with Gasteiger partial charge in [0.05, 0.1) is 7.11 Å². The molecule has 7 heteroatoms. The minimum atomic E-state index is 0.0941. The van der Waals surface area contributed by atoms with Crippen LogP contribution in [0.2, 0.25) is 0 Å². The summed E-state index contributed by atoms with van der Waals surface area (Å²) >= 11 is 0. The second-order valence-corrected chi connectivity index (χ2v) is 3.84. The molecule has 1 aromatic rings. The Hall–Kier alpha value is -2.05. The van der Waals surface area contributed by atoms with Crippen molar-refractivity contribution in [1.29, 1.82) is 0 Å². The third-order valence-corrected chi connectivity index (χ3v) is 2.54. The Balaban J connectivity index is 1.94. The van der Waals surface area contributed by atoms with Gasteiger partial charge in [0.1, 0.15) is 5.82 Å². The van der Waals surface area contributed by atoms with Gasteiger partial charge in [0, 0.05) is 25.1 Å². The van der Waals surface area contributed by atoms with Crippen molar-refractivity contribution in [2.24, 2.45) is 0 Å². The monoisotopic (exact) mass is 237 g/mol. The van der Waals surface area contributed by atoms with Crippen molar-refractivity contribution < 1.29 is 9.53 Å². The van der Waals surface area contributed by atoms with Gasteiger partial charge in [-0.2, -0.15) is 9.97 Å². The number of carbonyl (C=O) groups excluding carboxylic acids is 1. The molecule has 1 aromatic heterocycles. The van der Waals surface area contributed by atoms with Crippen LogP contribution in [0.25, 0.3) is 0 Å². The summed E-state index contributed by atoms with van der Waals surface area (Å²) in [6, 6.07) is 1.80. The van der Waals surface area contributed by atoms with Gasteiger partial charge >= 0.3 is 0 Å². The van der Waals surface area contributed by atoms with E-state index in [4.69, 9.17) is 10.5 Å². The molecule has 1 aliphatic rings. The maximum Gasteiger partial charge on any atom is 0.225 e. The maximum absolute atomic E-state index is 11.0. The first-order valence-corrected chi connectivity index (χ1v) is 5.39. The molecule has 1 fully saturated rings. The van der Waals surface area contributed by atoms with E-state index in [2.05, 4.69) is 20.6 Å². The van der Waals surface area contributed by atoms with Crippen molar-refractivity contribution in [3.05, 3.63) is 6.07 Å². The van der Waals surface area contributed by atoms with Crippen LogP contribution in [0, 0.1) is 0 Å². The Morgan fingerprint density at radius 3 is 3.12 bits per heavy atom. The molecule has 1 atom stereocenters. The van der Waals surface area contributed by atoms with Crippen molar-refractivity contribution in [2.45, 2.75) is 18.9 Å². The molecule has 1 amide bonds. The molecule has 0 radical (unpaired) electrons. The van der Waals surface area contributed by atoms with Crippen LogP contribution in [0.4, 0.5) is 11.8 Å². The number of hydrogen-bond donors (Lipinski definition) is 3. The minimum absolute atomic E-state index is 0.0941. The van der Waals surface area contributed by atoms with Crippen LogP contribution in [0.15, 0.2) is 6.07 Å². The molecule has 0 bridgehead atoms. The predicted octanol–water partition coefficient (Wildman–Crippen LogP) is -0.242. The van der Waals surface area contributed by atoms with E-state index in [1.807, 2.05) is 0 Å². The largest absolute Gasteiger partial charge is 0.481 e. The number of ether oxygens (including phenoxy) is 1. The quantitative estimate of drug-likeness (QED) is 0.668. The van der Waals surface area contributed by atoms with Crippen molar-refractivity contribution in [3.8, 4) is 5.88 Å². The SMILES string of the molecule is COc1cc(NCC2CCC(=O)N2)nc(N)n1. The molecule has 1 aliphatic heterocycles. The number of carbonyl (C=O) groups is 1. The Morgan fingerprint density at radius 2 is 2.47 bits per heavy atom. The first-order valence-electron chi connectivity index (χ1n) is 5.39. The summed E-state index contributed by atoms with van der Waals surface area (Å²) in [4.78, 5) is 18.9. The van der Waals surface area contributed by atoms with Gasteiger partial charge in [0.2, 0.25) is 17.7 Å². The molecule has 7 nitrogen and oxygen atoms in total. The van der Waals surface area contributed by atoms with Crippen molar-refractivity contribution in [3.63, 3.8) is 0 Å². The number of nitrogens with zero attached hydrogens (tertiary/aromatic N) is 2. The van der Waals surface area contributed by atoms with E-state index < -0.39 is 0 Å². The standard InChI is InChI=1S/C10H15N5O2/c1-17-9-4-7(14-10(11)15-9)12-5-6-2-3-8(16)13-6/h4,6H,2-3,5H2,1H3,(H,13,16)(H3,11,12,14,15). The summed E-state index contributed by atoms with van der Waals surface area (Å²) < 4.78 is 4.98. The van der Waals surface area contributed by atoms with Gasteiger partial charge in [-0.25, -0.2) is 0 Å². The lowest BCUT2D eigenvalue weighted by atomic mass is 10.2. The smallest absolute Gasteiger partial charge is 0.225 e. The second kappa shape index (κ2) is 4.86. The highest BCUT2D eigenvalue weighted by Crippen LogP contribution is 2.15. The molecule has 0 aromatic carbocycles. The summed E-state index contributed by atoms with van der Waals surface area (Å²) in [5.74, 6) is 1.25. The number of aromatic nitrogens is 2.